The first-order valence-corrected chi connectivity index (χ1v) is 8.35. The molecule has 3 aromatic heterocycles. The highest BCUT2D eigenvalue weighted by Gasteiger charge is 2.19. The number of carbonyl (C=O) groups is 1. The molecule has 6 nitrogen and oxygen atoms in total. The third-order valence-corrected chi connectivity index (χ3v) is 4.32. The molecule has 1 N–H and O–H groups in total. The van der Waals surface area contributed by atoms with Crippen molar-refractivity contribution >= 4 is 40.3 Å². The number of hydrogen-bond donors (Lipinski definition) is 1. The van der Waals surface area contributed by atoms with Crippen molar-refractivity contribution in [3.05, 3.63) is 51.9 Å². The van der Waals surface area contributed by atoms with Crippen molar-refractivity contribution in [1.82, 2.24) is 14.6 Å². The van der Waals surface area contributed by atoms with Crippen LogP contribution < -0.4 is 10.1 Å². The third-order valence-electron chi connectivity index (χ3n) is 3.74. The van der Waals surface area contributed by atoms with Crippen LogP contribution in [0.4, 0.5) is 5.69 Å². The molecule has 0 unspecified atom stereocenters. The van der Waals surface area contributed by atoms with Crippen LogP contribution >= 0.6 is 23.2 Å². The average molecular weight is 379 g/mol. The Bertz CT molecular complexity index is 933. The van der Waals surface area contributed by atoms with E-state index >= 15 is 0 Å². The number of hydrogen-bond acceptors (Lipinski definition) is 4. The Labute approximate surface area is 154 Å². The van der Waals surface area contributed by atoms with E-state index in [-0.39, 0.29) is 21.9 Å². The molecule has 0 bridgehead atoms. The molecule has 0 aliphatic rings. The highest BCUT2D eigenvalue weighted by Crippen LogP contribution is 2.30. The van der Waals surface area contributed by atoms with Gasteiger partial charge in [0.1, 0.15) is 0 Å². The van der Waals surface area contributed by atoms with Gasteiger partial charge in [-0.1, -0.05) is 37.0 Å². The highest BCUT2D eigenvalue weighted by molar-refractivity contribution is 6.39. The number of methoxy groups -OCH3 is 1. The molecule has 130 valence electrons. The van der Waals surface area contributed by atoms with Gasteiger partial charge in [0.2, 0.25) is 5.88 Å². The quantitative estimate of drug-likeness (QED) is 0.729. The minimum absolute atomic E-state index is 0.213. The lowest BCUT2D eigenvalue weighted by Gasteiger charge is -2.10. The molecule has 8 heteroatoms. The summed E-state index contributed by atoms with van der Waals surface area (Å²) < 4.78 is 6.94. The molecule has 0 saturated carbocycles. The van der Waals surface area contributed by atoms with Crippen molar-refractivity contribution in [2.45, 2.75) is 19.8 Å². The zero-order chi connectivity index (χ0) is 18.1. The maximum Gasteiger partial charge on any atom is 0.257 e. The lowest BCUT2D eigenvalue weighted by atomic mass is 10.1. The van der Waals surface area contributed by atoms with Crippen LogP contribution in [0.2, 0.25) is 10.0 Å². The molecule has 0 fully saturated rings. The number of rotatable bonds is 4. The van der Waals surface area contributed by atoms with Crippen LogP contribution in [0.3, 0.4) is 0 Å². The Morgan fingerprint density at radius 2 is 1.92 bits per heavy atom. The maximum atomic E-state index is 12.8. The Morgan fingerprint density at radius 1 is 1.24 bits per heavy atom. The van der Waals surface area contributed by atoms with E-state index in [2.05, 4.69) is 15.4 Å². The van der Waals surface area contributed by atoms with E-state index in [1.54, 1.807) is 23.8 Å². The summed E-state index contributed by atoms with van der Waals surface area (Å²) in [5.74, 6) is 0.404. The molecule has 0 saturated heterocycles. The summed E-state index contributed by atoms with van der Waals surface area (Å²) in [7, 11) is 1.56. The van der Waals surface area contributed by atoms with E-state index in [0.29, 0.717) is 22.6 Å². The van der Waals surface area contributed by atoms with Crippen molar-refractivity contribution in [1.29, 1.82) is 0 Å². The summed E-state index contributed by atoms with van der Waals surface area (Å²) in [4.78, 5) is 16.7. The van der Waals surface area contributed by atoms with Gasteiger partial charge in [0.05, 0.1) is 39.6 Å². The van der Waals surface area contributed by atoms with E-state index in [9.17, 15) is 4.79 Å². The molecule has 3 rings (SSSR count). The normalized spacial score (nSPS) is 11.1. The molecule has 0 atom stereocenters. The molecular weight excluding hydrogens is 363 g/mol. The second kappa shape index (κ2) is 6.90. The van der Waals surface area contributed by atoms with E-state index in [1.165, 1.54) is 12.4 Å². The Balaban J connectivity index is 2.07. The fourth-order valence-corrected chi connectivity index (χ4v) is 2.87. The van der Waals surface area contributed by atoms with Gasteiger partial charge in [-0.2, -0.15) is 9.61 Å². The number of nitrogens with one attached hydrogen (secondary N) is 1. The Morgan fingerprint density at radius 3 is 2.52 bits per heavy atom. The third kappa shape index (κ3) is 3.27. The number of halogens is 2. The highest BCUT2D eigenvalue weighted by atomic mass is 35.5. The minimum Gasteiger partial charge on any atom is -0.481 e. The molecule has 1 amide bonds. The van der Waals surface area contributed by atoms with Gasteiger partial charge >= 0.3 is 0 Å². The van der Waals surface area contributed by atoms with Gasteiger partial charge in [-0.15, -0.1) is 0 Å². The van der Waals surface area contributed by atoms with Gasteiger partial charge in [-0.25, -0.2) is 0 Å². The summed E-state index contributed by atoms with van der Waals surface area (Å²) in [5.41, 5.74) is 2.26. The smallest absolute Gasteiger partial charge is 0.257 e. The largest absolute Gasteiger partial charge is 0.481 e. The first-order valence-electron chi connectivity index (χ1n) is 7.59. The van der Waals surface area contributed by atoms with Gasteiger partial charge < -0.3 is 10.1 Å². The number of amides is 1. The number of ether oxygens (including phenoxy) is 1. The number of nitrogens with zero attached hydrogens (tertiary/aromatic N) is 3. The van der Waals surface area contributed by atoms with Gasteiger partial charge in [-0.3, -0.25) is 9.78 Å². The number of fused-ring (bicyclic) bond motifs is 1. The second-order valence-corrected chi connectivity index (χ2v) is 6.56. The van der Waals surface area contributed by atoms with Crippen molar-refractivity contribution in [2.75, 3.05) is 12.4 Å². The van der Waals surface area contributed by atoms with Gasteiger partial charge in [-0.05, 0) is 18.1 Å². The minimum atomic E-state index is -0.349. The van der Waals surface area contributed by atoms with Crippen LogP contribution in [0, 0.1) is 0 Å². The fourth-order valence-electron chi connectivity index (χ4n) is 2.41. The monoisotopic (exact) mass is 378 g/mol. The van der Waals surface area contributed by atoms with E-state index < -0.39 is 0 Å². The van der Waals surface area contributed by atoms with Gasteiger partial charge in [0, 0.05) is 18.5 Å². The van der Waals surface area contributed by atoms with Crippen molar-refractivity contribution in [3.63, 3.8) is 0 Å². The first-order chi connectivity index (χ1) is 11.9. The van der Waals surface area contributed by atoms with E-state index in [0.717, 1.165) is 5.69 Å². The summed E-state index contributed by atoms with van der Waals surface area (Å²) >= 11 is 12.1. The van der Waals surface area contributed by atoms with Crippen LogP contribution in [0.1, 0.15) is 35.8 Å². The lowest BCUT2D eigenvalue weighted by molar-refractivity contribution is 0.102. The topological polar surface area (TPSA) is 68.5 Å². The van der Waals surface area contributed by atoms with Crippen molar-refractivity contribution < 1.29 is 9.53 Å². The Hall–Kier alpha value is -2.31. The number of carbonyl (C=O) groups excluding carboxylic acids is 1. The SMILES string of the molecule is COc1ccc(C(=O)Nc2c(Cl)cncc2Cl)c2cc(C(C)C)nn12. The van der Waals surface area contributed by atoms with Crippen LogP contribution in [-0.4, -0.2) is 27.6 Å². The molecule has 0 aliphatic heterocycles. The van der Waals surface area contributed by atoms with Gasteiger partial charge in [0.15, 0.2) is 0 Å². The van der Waals surface area contributed by atoms with E-state index in [4.69, 9.17) is 27.9 Å². The zero-order valence-corrected chi connectivity index (χ0v) is 15.4. The van der Waals surface area contributed by atoms with Crippen molar-refractivity contribution in [2.24, 2.45) is 0 Å². The molecule has 0 aliphatic carbocycles. The molecule has 3 heterocycles. The number of pyridine rings is 2. The van der Waals surface area contributed by atoms with Crippen LogP contribution in [0.5, 0.6) is 5.88 Å². The summed E-state index contributed by atoms with van der Waals surface area (Å²) in [5, 5.41) is 7.79. The fraction of sp³-hybridized carbons (Fsp3) is 0.235. The number of aromatic nitrogens is 3. The standard InChI is InChI=1S/C17H16Cl2N4O2/c1-9(2)13-6-14-10(4-5-15(25-3)23(14)22-13)17(24)21-16-11(18)7-20-8-12(16)19/h4-9H,1-3H3,(H,20,21,24). The Kier molecular flexibility index (Phi) is 4.83. The first kappa shape index (κ1) is 17.5. The van der Waals surface area contributed by atoms with Gasteiger partial charge in [0.25, 0.3) is 5.91 Å². The van der Waals surface area contributed by atoms with Crippen molar-refractivity contribution in [3.8, 4) is 5.88 Å². The molecule has 3 aromatic rings. The van der Waals surface area contributed by atoms with Crippen LogP contribution in [0.25, 0.3) is 5.52 Å². The molecule has 0 radical (unpaired) electrons. The van der Waals surface area contributed by atoms with Crippen LogP contribution in [0.15, 0.2) is 30.6 Å². The number of anilines is 1. The zero-order valence-electron chi connectivity index (χ0n) is 13.9. The lowest BCUT2D eigenvalue weighted by Crippen LogP contribution is -2.14. The molecular formula is C17H16Cl2N4O2. The van der Waals surface area contributed by atoms with E-state index in [1.807, 2.05) is 19.9 Å². The molecule has 0 aromatic carbocycles. The summed E-state index contributed by atoms with van der Waals surface area (Å²) in [6, 6.07) is 5.24. The molecule has 0 spiro atoms. The average Bonchev–Trinajstić information content (AvgIpc) is 3.02. The summed E-state index contributed by atoms with van der Waals surface area (Å²) in [6.45, 7) is 4.06. The van der Waals surface area contributed by atoms with Crippen LogP contribution in [-0.2, 0) is 0 Å². The summed E-state index contributed by atoms with van der Waals surface area (Å²) in [6.07, 6.45) is 2.84. The second-order valence-electron chi connectivity index (χ2n) is 5.74. The molecule has 25 heavy (non-hydrogen) atoms. The predicted molar refractivity (Wildman–Crippen MR) is 98.0 cm³/mol. The predicted octanol–water partition coefficient (Wildman–Crippen LogP) is 4.42. The maximum absolute atomic E-state index is 12.8.